The summed E-state index contributed by atoms with van der Waals surface area (Å²) in [6.45, 7) is 1.27. The van der Waals surface area contributed by atoms with Gasteiger partial charge in [-0.3, -0.25) is 14.2 Å². The van der Waals surface area contributed by atoms with Crippen LogP contribution in [0.2, 0.25) is 0 Å². The van der Waals surface area contributed by atoms with Crippen molar-refractivity contribution in [2.75, 3.05) is 13.1 Å². The number of amides is 1. The lowest BCUT2D eigenvalue weighted by atomic mass is 10.3. The fourth-order valence-electron chi connectivity index (χ4n) is 2.91. The van der Waals surface area contributed by atoms with Crippen LogP contribution in [-0.2, 0) is 7.05 Å². The molecule has 3 aromatic rings. The molecule has 0 spiro atoms. The molecule has 0 saturated carbocycles. The number of hydrogen-bond donors (Lipinski definition) is 0. The van der Waals surface area contributed by atoms with Crippen LogP contribution in [0.5, 0.6) is 0 Å². The minimum atomic E-state index is -0.673. The predicted molar refractivity (Wildman–Crippen MR) is 93.5 cm³/mol. The molecule has 0 atom stereocenters. The SMILES string of the molecule is Cn1c(=O)c(-c2noc(C(=O)N3CCCC3)n2)nn(-c2ccccc2)c1=O. The van der Waals surface area contributed by atoms with E-state index in [2.05, 4.69) is 15.2 Å². The number of hydrogen-bond acceptors (Lipinski definition) is 7. The lowest BCUT2D eigenvalue weighted by Crippen LogP contribution is -2.40. The third kappa shape index (κ3) is 2.94. The molecule has 2 aromatic heterocycles. The molecule has 138 valence electrons. The van der Waals surface area contributed by atoms with Gasteiger partial charge < -0.3 is 9.42 Å². The molecule has 0 aliphatic carbocycles. The molecule has 1 fully saturated rings. The maximum atomic E-state index is 12.5. The van der Waals surface area contributed by atoms with E-state index in [1.165, 1.54) is 7.05 Å². The molecular formula is C17H16N6O4. The minimum Gasteiger partial charge on any atom is -0.334 e. The molecule has 4 rings (SSSR count). The summed E-state index contributed by atoms with van der Waals surface area (Å²) in [5, 5.41) is 7.82. The fraction of sp³-hybridized carbons (Fsp3) is 0.294. The number of carbonyl (C=O) groups is 1. The van der Waals surface area contributed by atoms with Crippen molar-refractivity contribution in [3.05, 3.63) is 57.1 Å². The van der Waals surface area contributed by atoms with E-state index in [0.29, 0.717) is 18.8 Å². The Balaban J connectivity index is 1.78. The zero-order chi connectivity index (χ0) is 19.0. The molecule has 0 radical (unpaired) electrons. The van der Waals surface area contributed by atoms with Crippen LogP contribution in [0.25, 0.3) is 17.2 Å². The van der Waals surface area contributed by atoms with Crippen LogP contribution in [0.15, 0.2) is 44.4 Å². The quantitative estimate of drug-likeness (QED) is 0.649. The van der Waals surface area contributed by atoms with E-state index in [0.717, 1.165) is 22.1 Å². The number of benzene rings is 1. The molecule has 27 heavy (non-hydrogen) atoms. The molecule has 1 amide bonds. The van der Waals surface area contributed by atoms with Crippen molar-refractivity contribution in [1.29, 1.82) is 0 Å². The Labute approximate surface area is 152 Å². The number of aromatic nitrogens is 5. The summed E-state index contributed by atoms with van der Waals surface area (Å²) >= 11 is 0. The van der Waals surface area contributed by atoms with E-state index in [9.17, 15) is 14.4 Å². The van der Waals surface area contributed by atoms with Crippen molar-refractivity contribution in [3.8, 4) is 17.2 Å². The van der Waals surface area contributed by atoms with E-state index in [1.807, 2.05) is 0 Å². The van der Waals surface area contributed by atoms with Crippen LogP contribution in [0.1, 0.15) is 23.5 Å². The highest BCUT2D eigenvalue weighted by molar-refractivity contribution is 5.90. The lowest BCUT2D eigenvalue weighted by molar-refractivity contribution is 0.0743. The zero-order valence-corrected chi connectivity index (χ0v) is 14.5. The van der Waals surface area contributed by atoms with Crippen LogP contribution in [0, 0.1) is 0 Å². The van der Waals surface area contributed by atoms with Gasteiger partial charge in [0, 0.05) is 20.1 Å². The van der Waals surface area contributed by atoms with Crippen LogP contribution in [0.3, 0.4) is 0 Å². The Morgan fingerprint density at radius 3 is 2.52 bits per heavy atom. The molecule has 0 N–H and O–H groups in total. The highest BCUT2D eigenvalue weighted by Crippen LogP contribution is 2.14. The van der Waals surface area contributed by atoms with Crippen molar-refractivity contribution in [2.45, 2.75) is 12.8 Å². The molecule has 10 heteroatoms. The summed E-state index contributed by atoms with van der Waals surface area (Å²) in [6.07, 6.45) is 1.85. The first kappa shape index (κ1) is 16.9. The zero-order valence-electron chi connectivity index (χ0n) is 14.5. The Kier molecular flexibility index (Phi) is 4.15. The van der Waals surface area contributed by atoms with Crippen molar-refractivity contribution in [2.24, 2.45) is 7.05 Å². The first-order valence-corrected chi connectivity index (χ1v) is 8.45. The lowest BCUT2D eigenvalue weighted by Gasteiger charge is -2.11. The predicted octanol–water partition coefficient (Wildman–Crippen LogP) is 0.217. The van der Waals surface area contributed by atoms with E-state index < -0.39 is 11.2 Å². The maximum absolute atomic E-state index is 12.5. The Morgan fingerprint density at radius 1 is 1.11 bits per heavy atom. The van der Waals surface area contributed by atoms with Crippen LogP contribution >= 0.6 is 0 Å². The summed E-state index contributed by atoms with van der Waals surface area (Å²) in [4.78, 5) is 42.9. The topological polar surface area (TPSA) is 116 Å². The summed E-state index contributed by atoms with van der Waals surface area (Å²) < 4.78 is 7.02. The number of carbonyl (C=O) groups excluding carboxylic acids is 1. The highest BCUT2D eigenvalue weighted by atomic mass is 16.5. The van der Waals surface area contributed by atoms with Gasteiger partial charge in [0.1, 0.15) is 0 Å². The first-order chi connectivity index (χ1) is 13.1. The van der Waals surface area contributed by atoms with E-state index >= 15 is 0 Å². The van der Waals surface area contributed by atoms with Gasteiger partial charge in [0.25, 0.3) is 5.56 Å². The highest BCUT2D eigenvalue weighted by Gasteiger charge is 2.26. The van der Waals surface area contributed by atoms with Crippen molar-refractivity contribution in [3.63, 3.8) is 0 Å². The van der Waals surface area contributed by atoms with E-state index in [-0.39, 0.29) is 23.3 Å². The Morgan fingerprint density at radius 2 is 1.81 bits per heavy atom. The standard InChI is InChI=1S/C17H16N6O4/c1-21-15(24)12(19-23(17(21)26)11-7-3-2-4-8-11)13-18-14(27-20-13)16(25)22-9-5-6-10-22/h2-4,7-8H,5-6,9-10H2,1H3. The molecule has 1 aromatic carbocycles. The van der Waals surface area contributed by atoms with Gasteiger partial charge in [-0.2, -0.15) is 14.8 Å². The monoisotopic (exact) mass is 368 g/mol. The third-order valence-corrected chi connectivity index (χ3v) is 4.39. The number of nitrogens with zero attached hydrogens (tertiary/aromatic N) is 6. The number of para-hydroxylation sites is 1. The summed E-state index contributed by atoms with van der Waals surface area (Å²) in [6, 6.07) is 8.65. The summed E-state index contributed by atoms with van der Waals surface area (Å²) in [5.74, 6) is -0.713. The summed E-state index contributed by atoms with van der Waals surface area (Å²) in [7, 11) is 1.34. The third-order valence-electron chi connectivity index (χ3n) is 4.39. The smallest absolute Gasteiger partial charge is 0.334 e. The maximum Gasteiger partial charge on any atom is 0.351 e. The van der Waals surface area contributed by atoms with Gasteiger partial charge in [-0.25, -0.2) is 4.79 Å². The van der Waals surface area contributed by atoms with Gasteiger partial charge in [-0.05, 0) is 25.0 Å². The van der Waals surface area contributed by atoms with Gasteiger partial charge in [-0.1, -0.05) is 23.4 Å². The molecule has 1 aliphatic heterocycles. The molecule has 1 aliphatic rings. The van der Waals surface area contributed by atoms with Gasteiger partial charge in [0.2, 0.25) is 5.82 Å². The average Bonchev–Trinajstić information content (AvgIpc) is 3.39. The Bertz CT molecular complexity index is 1110. The van der Waals surface area contributed by atoms with E-state index in [1.54, 1.807) is 35.2 Å². The molecule has 3 heterocycles. The summed E-state index contributed by atoms with van der Waals surface area (Å²) in [5.41, 5.74) is -0.971. The van der Waals surface area contributed by atoms with Gasteiger partial charge in [0.15, 0.2) is 5.69 Å². The van der Waals surface area contributed by atoms with Gasteiger partial charge >= 0.3 is 17.5 Å². The largest absolute Gasteiger partial charge is 0.351 e. The Hall–Kier alpha value is -3.56. The molecule has 0 unspecified atom stereocenters. The van der Waals surface area contributed by atoms with Crippen LogP contribution in [0.4, 0.5) is 0 Å². The van der Waals surface area contributed by atoms with Crippen molar-refractivity contribution < 1.29 is 9.32 Å². The van der Waals surface area contributed by atoms with Crippen LogP contribution in [-0.4, -0.2) is 48.4 Å². The number of rotatable bonds is 3. The normalized spacial score (nSPS) is 13.9. The molecular weight excluding hydrogens is 352 g/mol. The fourth-order valence-corrected chi connectivity index (χ4v) is 2.91. The second kappa shape index (κ2) is 6.63. The first-order valence-electron chi connectivity index (χ1n) is 8.45. The van der Waals surface area contributed by atoms with Gasteiger partial charge in [0.05, 0.1) is 5.69 Å². The average molecular weight is 368 g/mol. The van der Waals surface area contributed by atoms with Gasteiger partial charge in [-0.15, -0.1) is 0 Å². The van der Waals surface area contributed by atoms with Crippen molar-refractivity contribution in [1.82, 2.24) is 29.4 Å². The number of likely N-dealkylation sites (tertiary alicyclic amines) is 1. The second-order valence-corrected chi connectivity index (χ2v) is 6.17. The van der Waals surface area contributed by atoms with Crippen molar-refractivity contribution >= 4 is 5.91 Å². The van der Waals surface area contributed by atoms with E-state index in [4.69, 9.17) is 4.52 Å². The molecule has 10 nitrogen and oxygen atoms in total. The molecule has 1 saturated heterocycles. The molecule has 0 bridgehead atoms. The van der Waals surface area contributed by atoms with Crippen LogP contribution < -0.4 is 11.2 Å². The minimum absolute atomic E-state index is 0.136. The second-order valence-electron chi connectivity index (χ2n) is 6.17.